The Kier molecular flexibility index (Phi) is 7.03. The van der Waals surface area contributed by atoms with E-state index in [-0.39, 0.29) is 6.61 Å². The molecule has 0 unspecified atom stereocenters. The fraction of sp³-hybridized carbons (Fsp3) is 0.529. The summed E-state index contributed by atoms with van der Waals surface area (Å²) in [4.78, 5) is 23.2. The first-order chi connectivity index (χ1) is 10.7. The second-order valence-electron chi connectivity index (χ2n) is 6.09. The minimum Gasteiger partial charge on any atom is -0.482 e. The van der Waals surface area contributed by atoms with Gasteiger partial charge in [-0.2, -0.15) is 0 Å². The van der Waals surface area contributed by atoms with E-state index in [4.69, 9.17) is 19.9 Å². The molecule has 6 nitrogen and oxygen atoms in total. The minimum atomic E-state index is -0.726. The van der Waals surface area contributed by atoms with Crippen molar-refractivity contribution >= 4 is 11.9 Å². The number of rotatable bonds is 7. The zero-order valence-electron chi connectivity index (χ0n) is 14.1. The maximum absolute atomic E-state index is 11.6. The molecule has 128 valence electrons. The van der Waals surface area contributed by atoms with E-state index in [2.05, 4.69) is 0 Å². The van der Waals surface area contributed by atoms with Crippen molar-refractivity contribution in [1.82, 2.24) is 0 Å². The molecule has 0 fully saturated rings. The summed E-state index contributed by atoms with van der Waals surface area (Å²) in [6.07, 6.45) is 0.336. The molecular formula is C17H25NO5. The van der Waals surface area contributed by atoms with E-state index in [1.807, 2.05) is 6.07 Å². The van der Waals surface area contributed by atoms with Gasteiger partial charge >= 0.3 is 11.9 Å². The molecule has 2 N–H and O–H groups in total. The van der Waals surface area contributed by atoms with Gasteiger partial charge in [-0.05, 0) is 51.8 Å². The van der Waals surface area contributed by atoms with E-state index in [1.165, 1.54) is 0 Å². The van der Waals surface area contributed by atoms with E-state index in [0.29, 0.717) is 18.8 Å². The van der Waals surface area contributed by atoms with Gasteiger partial charge in [0.05, 0.1) is 6.61 Å². The Morgan fingerprint density at radius 1 is 1.26 bits per heavy atom. The summed E-state index contributed by atoms with van der Waals surface area (Å²) in [5.41, 5.74) is 6.07. The third-order valence-electron chi connectivity index (χ3n) is 2.72. The molecule has 1 rings (SSSR count). The molecule has 0 amide bonds. The van der Waals surface area contributed by atoms with E-state index in [0.717, 1.165) is 5.56 Å². The lowest BCUT2D eigenvalue weighted by molar-refractivity contribution is -0.157. The largest absolute Gasteiger partial charge is 0.482 e. The number of hydrogen-bond acceptors (Lipinski definition) is 6. The highest BCUT2D eigenvalue weighted by Crippen LogP contribution is 2.15. The molecule has 0 saturated carbocycles. The molecule has 0 aromatic heterocycles. The van der Waals surface area contributed by atoms with Crippen LogP contribution in [0.1, 0.15) is 33.3 Å². The lowest BCUT2D eigenvalue weighted by atomic mass is 10.1. The molecule has 6 heteroatoms. The molecule has 0 aliphatic rings. The van der Waals surface area contributed by atoms with Gasteiger partial charge in [0, 0.05) is 0 Å². The van der Waals surface area contributed by atoms with Crippen molar-refractivity contribution < 1.29 is 23.8 Å². The van der Waals surface area contributed by atoms with Crippen molar-refractivity contribution in [2.45, 2.75) is 45.8 Å². The molecular weight excluding hydrogens is 298 g/mol. The highest BCUT2D eigenvalue weighted by molar-refractivity contribution is 5.75. The number of carbonyl (C=O) groups is 2. The average Bonchev–Trinajstić information content (AvgIpc) is 2.44. The van der Waals surface area contributed by atoms with Crippen LogP contribution >= 0.6 is 0 Å². The Labute approximate surface area is 136 Å². The van der Waals surface area contributed by atoms with Crippen molar-refractivity contribution in [3.05, 3.63) is 29.8 Å². The Morgan fingerprint density at radius 2 is 1.96 bits per heavy atom. The zero-order valence-corrected chi connectivity index (χ0v) is 14.1. The van der Waals surface area contributed by atoms with Crippen LogP contribution in [-0.4, -0.2) is 36.8 Å². The maximum atomic E-state index is 11.6. The van der Waals surface area contributed by atoms with Gasteiger partial charge in [-0.3, -0.25) is 4.79 Å². The second-order valence-corrected chi connectivity index (χ2v) is 6.09. The molecule has 0 aliphatic heterocycles. The predicted octanol–water partition coefficient (Wildman–Crippen LogP) is 1.84. The van der Waals surface area contributed by atoms with Gasteiger partial charge in [0.2, 0.25) is 0 Å². The van der Waals surface area contributed by atoms with Crippen LogP contribution in [0.15, 0.2) is 24.3 Å². The van der Waals surface area contributed by atoms with Crippen LogP contribution in [0.2, 0.25) is 0 Å². The highest BCUT2D eigenvalue weighted by atomic mass is 16.6. The minimum absolute atomic E-state index is 0.176. The van der Waals surface area contributed by atoms with Crippen molar-refractivity contribution in [3.8, 4) is 5.75 Å². The number of ether oxygens (including phenoxy) is 3. The Morgan fingerprint density at radius 3 is 2.57 bits per heavy atom. The Hall–Kier alpha value is -2.08. The van der Waals surface area contributed by atoms with Gasteiger partial charge in [0.15, 0.2) is 6.61 Å². The maximum Gasteiger partial charge on any atom is 0.344 e. The molecule has 0 radical (unpaired) electrons. The third-order valence-corrected chi connectivity index (χ3v) is 2.72. The monoisotopic (exact) mass is 323 g/mol. The van der Waals surface area contributed by atoms with Gasteiger partial charge in [0.1, 0.15) is 17.4 Å². The number of benzene rings is 1. The summed E-state index contributed by atoms with van der Waals surface area (Å²) in [5.74, 6) is -0.358. The smallest absolute Gasteiger partial charge is 0.344 e. The quantitative estimate of drug-likeness (QED) is 0.770. The summed E-state index contributed by atoms with van der Waals surface area (Å²) in [6, 6.07) is 6.35. The van der Waals surface area contributed by atoms with Crippen LogP contribution in [0.3, 0.4) is 0 Å². The third kappa shape index (κ3) is 7.65. The van der Waals surface area contributed by atoms with Crippen LogP contribution in [0.25, 0.3) is 0 Å². The van der Waals surface area contributed by atoms with E-state index < -0.39 is 23.6 Å². The van der Waals surface area contributed by atoms with Crippen molar-refractivity contribution in [2.24, 2.45) is 5.73 Å². The standard InChI is InChI=1S/C17H25NO5/c1-5-21-16(20)14(18)10-12-7-6-8-13(9-12)22-11-15(19)23-17(2,3)4/h6-9,14H,5,10-11,18H2,1-4H3/t14-/m0/s1. The SMILES string of the molecule is CCOC(=O)[C@@H](N)Cc1cccc(OCC(=O)OC(C)(C)C)c1. The topological polar surface area (TPSA) is 87.9 Å². The first kappa shape index (κ1) is 19.0. The number of nitrogens with two attached hydrogens (primary N) is 1. The zero-order chi connectivity index (χ0) is 17.5. The summed E-state index contributed by atoms with van der Waals surface area (Å²) < 4.78 is 15.5. The van der Waals surface area contributed by atoms with Crippen LogP contribution in [-0.2, 0) is 25.5 Å². The molecule has 1 atom stereocenters. The molecule has 1 aromatic rings. The fourth-order valence-corrected chi connectivity index (χ4v) is 1.86. The van der Waals surface area contributed by atoms with Crippen molar-refractivity contribution in [2.75, 3.05) is 13.2 Å². The first-order valence-corrected chi connectivity index (χ1v) is 7.57. The number of hydrogen-bond donors (Lipinski definition) is 1. The fourth-order valence-electron chi connectivity index (χ4n) is 1.86. The van der Waals surface area contributed by atoms with Gasteiger partial charge in [-0.15, -0.1) is 0 Å². The van der Waals surface area contributed by atoms with E-state index in [9.17, 15) is 9.59 Å². The molecule has 0 aliphatic carbocycles. The van der Waals surface area contributed by atoms with E-state index in [1.54, 1.807) is 45.9 Å². The molecule has 0 spiro atoms. The highest BCUT2D eigenvalue weighted by Gasteiger charge is 2.17. The van der Waals surface area contributed by atoms with Crippen LogP contribution in [0.5, 0.6) is 5.75 Å². The van der Waals surface area contributed by atoms with Crippen LogP contribution in [0.4, 0.5) is 0 Å². The predicted molar refractivity (Wildman–Crippen MR) is 86.1 cm³/mol. The van der Waals surface area contributed by atoms with Crippen molar-refractivity contribution in [1.29, 1.82) is 0 Å². The molecule has 1 aromatic carbocycles. The molecule has 0 heterocycles. The van der Waals surface area contributed by atoms with Gasteiger partial charge < -0.3 is 19.9 Å². The first-order valence-electron chi connectivity index (χ1n) is 7.57. The summed E-state index contributed by atoms with van der Waals surface area (Å²) in [6.45, 7) is 7.23. The lowest BCUT2D eigenvalue weighted by Gasteiger charge is -2.19. The second kappa shape index (κ2) is 8.53. The van der Waals surface area contributed by atoms with E-state index >= 15 is 0 Å². The summed E-state index contributed by atoms with van der Waals surface area (Å²) in [5, 5.41) is 0. The van der Waals surface area contributed by atoms with Crippen LogP contribution in [0, 0.1) is 0 Å². The van der Waals surface area contributed by atoms with Gasteiger partial charge in [0.25, 0.3) is 0 Å². The van der Waals surface area contributed by atoms with Crippen molar-refractivity contribution in [3.63, 3.8) is 0 Å². The summed E-state index contributed by atoms with van der Waals surface area (Å²) >= 11 is 0. The molecule has 23 heavy (non-hydrogen) atoms. The lowest BCUT2D eigenvalue weighted by Crippen LogP contribution is -2.34. The number of carbonyl (C=O) groups excluding carboxylic acids is 2. The normalized spacial score (nSPS) is 12.4. The average molecular weight is 323 g/mol. The number of esters is 2. The molecule has 0 bridgehead atoms. The summed E-state index contributed by atoms with van der Waals surface area (Å²) in [7, 11) is 0. The Balaban J connectivity index is 2.56. The van der Waals surface area contributed by atoms with Gasteiger partial charge in [-0.1, -0.05) is 12.1 Å². The molecule has 0 saturated heterocycles. The Bertz CT molecular complexity index is 536. The van der Waals surface area contributed by atoms with Crippen LogP contribution < -0.4 is 10.5 Å². The van der Waals surface area contributed by atoms with Gasteiger partial charge in [-0.25, -0.2) is 4.79 Å².